The van der Waals surface area contributed by atoms with E-state index in [0.717, 1.165) is 42.8 Å². The van der Waals surface area contributed by atoms with Gasteiger partial charge in [0.15, 0.2) is 0 Å². The van der Waals surface area contributed by atoms with Gasteiger partial charge in [-0.3, -0.25) is 4.90 Å². The Morgan fingerprint density at radius 3 is 2.58 bits per heavy atom. The maximum atomic E-state index is 12.7. The molecule has 1 N–H and O–H groups in total. The zero-order chi connectivity index (χ0) is 17.2. The molecule has 0 aliphatic carbocycles. The maximum Gasteiger partial charge on any atom is 0.240 e. The average Bonchev–Trinajstić information content (AvgIpc) is 3.20. The summed E-state index contributed by atoms with van der Waals surface area (Å²) >= 11 is 0. The van der Waals surface area contributed by atoms with Crippen LogP contribution in [-0.4, -0.2) is 33.0 Å². The lowest BCUT2D eigenvalue weighted by Gasteiger charge is -2.26. The van der Waals surface area contributed by atoms with E-state index < -0.39 is 10.0 Å². The minimum Gasteiger partial charge on any atom is -0.468 e. The third kappa shape index (κ3) is 3.71. The van der Waals surface area contributed by atoms with Crippen molar-refractivity contribution in [3.05, 3.63) is 53.5 Å². The van der Waals surface area contributed by atoms with Crippen molar-refractivity contribution >= 4 is 10.0 Å². The van der Waals surface area contributed by atoms with E-state index in [2.05, 4.69) is 9.62 Å². The Kier molecular flexibility index (Phi) is 5.08. The molecule has 2 aromatic rings. The van der Waals surface area contributed by atoms with Crippen LogP contribution in [0.1, 0.15) is 35.8 Å². The van der Waals surface area contributed by atoms with E-state index in [0.29, 0.717) is 11.4 Å². The summed E-state index contributed by atoms with van der Waals surface area (Å²) in [5.41, 5.74) is 1.81. The summed E-state index contributed by atoms with van der Waals surface area (Å²) in [6.07, 6.45) is 3.92. The highest BCUT2D eigenvalue weighted by Gasteiger charge is 2.27. The van der Waals surface area contributed by atoms with Gasteiger partial charge in [0, 0.05) is 6.54 Å². The largest absolute Gasteiger partial charge is 0.468 e. The predicted molar refractivity (Wildman–Crippen MR) is 93.4 cm³/mol. The number of hydrogen-bond donors (Lipinski definition) is 1. The predicted octanol–water partition coefficient (Wildman–Crippen LogP) is 3.01. The Morgan fingerprint density at radius 1 is 1.21 bits per heavy atom. The summed E-state index contributed by atoms with van der Waals surface area (Å²) in [6.45, 7) is 6.03. The van der Waals surface area contributed by atoms with E-state index in [4.69, 9.17) is 4.42 Å². The molecule has 1 aromatic heterocycles. The van der Waals surface area contributed by atoms with E-state index in [1.807, 2.05) is 38.1 Å². The van der Waals surface area contributed by atoms with Gasteiger partial charge < -0.3 is 4.42 Å². The Morgan fingerprint density at radius 2 is 1.96 bits per heavy atom. The van der Waals surface area contributed by atoms with Crippen LogP contribution >= 0.6 is 0 Å². The van der Waals surface area contributed by atoms with Gasteiger partial charge >= 0.3 is 0 Å². The van der Waals surface area contributed by atoms with E-state index in [1.165, 1.54) is 0 Å². The number of aryl methyl sites for hydroxylation is 2. The molecule has 1 aliphatic heterocycles. The summed E-state index contributed by atoms with van der Waals surface area (Å²) in [5.74, 6) is 0.806. The second-order valence-electron chi connectivity index (χ2n) is 6.40. The molecule has 5 nitrogen and oxygen atoms in total. The zero-order valence-corrected chi connectivity index (χ0v) is 15.0. The third-order valence-corrected chi connectivity index (χ3v) is 6.12. The molecule has 1 unspecified atom stereocenters. The van der Waals surface area contributed by atoms with E-state index >= 15 is 0 Å². The van der Waals surface area contributed by atoms with Crippen LogP contribution in [0, 0.1) is 13.8 Å². The zero-order valence-electron chi connectivity index (χ0n) is 14.2. The highest BCUT2D eigenvalue weighted by atomic mass is 32.2. The normalized spacial score (nSPS) is 17.2. The Bertz CT molecular complexity index is 779. The van der Waals surface area contributed by atoms with Crippen LogP contribution in [0.2, 0.25) is 0 Å². The van der Waals surface area contributed by atoms with Gasteiger partial charge in [-0.1, -0.05) is 17.7 Å². The molecule has 3 rings (SSSR count). The van der Waals surface area contributed by atoms with E-state index in [1.54, 1.807) is 12.3 Å². The van der Waals surface area contributed by atoms with Crippen molar-refractivity contribution in [1.29, 1.82) is 0 Å². The lowest BCUT2D eigenvalue weighted by molar-refractivity contribution is 0.216. The first kappa shape index (κ1) is 17.2. The molecule has 130 valence electrons. The Hall–Kier alpha value is -1.63. The smallest absolute Gasteiger partial charge is 0.240 e. The van der Waals surface area contributed by atoms with Crippen molar-refractivity contribution in [2.24, 2.45) is 0 Å². The quantitative estimate of drug-likeness (QED) is 0.872. The fourth-order valence-corrected chi connectivity index (χ4v) is 4.57. The highest BCUT2D eigenvalue weighted by Crippen LogP contribution is 2.26. The number of furan rings is 1. The van der Waals surface area contributed by atoms with Crippen molar-refractivity contribution in [2.75, 3.05) is 19.6 Å². The number of benzene rings is 1. The van der Waals surface area contributed by atoms with Crippen LogP contribution < -0.4 is 4.72 Å². The fraction of sp³-hybridized carbons (Fsp3) is 0.444. The topological polar surface area (TPSA) is 62.6 Å². The van der Waals surface area contributed by atoms with E-state index in [-0.39, 0.29) is 6.04 Å². The van der Waals surface area contributed by atoms with Gasteiger partial charge in [-0.05, 0) is 63.5 Å². The Balaban J connectivity index is 1.78. The first-order chi connectivity index (χ1) is 11.5. The van der Waals surface area contributed by atoms with Gasteiger partial charge in [0.05, 0.1) is 17.2 Å². The molecule has 1 aliphatic rings. The molecule has 1 atom stereocenters. The van der Waals surface area contributed by atoms with Gasteiger partial charge in [0.1, 0.15) is 5.76 Å². The molecule has 24 heavy (non-hydrogen) atoms. The minimum atomic E-state index is -3.54. The van der Waals surface area contributed by atoms with Gasteiger partial charge in [-0.25, -0.2) is 13.1 Å². The number of sulfonamides is 1. The van der Waals surface area contributed by atoms with Crippen molar-refractivity contribution < 1.29 is 12.8 Å². The molecule has 0 amide bonds. The molecule has 0 saturated carbocycles. The maximum absolute atomic E-state index is 12.7. The highest BCUT2D eigenvalue weighted by molar-refractivity contribution is 7.89. The third-order valence-electron chi connectivity index (χ3n) is 4.54. The fourth-order valence-electron chi connectivity index (χ4n) is 3.31. The number of nitrogens with one attached hydrogen (secondary N) is 1. The second-order valence-corrected chi connectivity index (χ2v) is 8.13. The molecule has 1 saturated heterocycles. The molecular weight excluding hydrogens is 324 g/mol. The number of rotatable bonds is 6. The first-order valence-corrected chi connectivity index (χ1v) is 9.80. The standard InChI is InChI=1S/C18H24N2O3S/c1-14-7-8-18(15(2)12-14)24(21,22)19-13-16(17-6-5-11-23-17)20-9-3-4-10-20/h5-8,11-12,16,19H,3-4,9-10,13H2,1-2H3. The van der Waals surface area contributed by atoms with Gasteiger partial charge in [-0.2, -0.15) is 0 Å². The molecule has 0 bridgehead atoms. The van der Waals surface area contributed by atoms with Crippen LogP contribution in [0.25, 0.3) is 0 Å². The Labute approximate surface area is 143 Å². The van der Waals surface area contributed by atoms with Gasteiger partial charge in [0.2, 0.25) is 10.0 Å². The van der Waals surface area contributed by atoms with E-state index in [9.17, 15) is 8.42 Å². The molecular formula is C18H24N2O3S. The van der Waals surface area contributed by atoms with Gasteiger partial charge in [-0.15, -0.1) is 0 Å². The molecule has 0 radical (unpaired) electrons. The van der Waals surface area contributed by atoms with Gasteiger partial charge in [0.25, 0.3) is 0 Å². The number of likely N-dealkylation sites (tertiary alicyclic amines) is 1. The minimum absolute atomic E-state index is 0.0666. The summed E-state index contributed by atoms with van der Waals surface area (Å²) in [4.78, 5) is 2.62. The lowest BCUT2D eigenvalue weighted by atomic mass is 10.2. The second kappa shape index (κ2) is 7.09. The summed E-state index contributed by atoms with van der Waals surface area (Å²) < 4.78 is 33.7. The van der Waals surface area contributed by atoms with Crippen LogP contribution in [0.15, 0.2) is 45.9 Å². The van der Waals surface area contributed by atoms with Crippen LogP contribution in [0.4, 0.5) is 0 Å². The van der Waals surface area contributed by atoms with Crippen molar-refractivity contribution in [3.8, 4) is 0 Å². The molecule has 1 fully saturated rings. The molecule has 0 spiro atoms. The van der Waals surface area contributed by atoms with Crippen molar-refractivity contribution in [1.82, 2.24) is 9.62 Å². The van der Waals surface area contributed by atoms with Crippen LogP contribution in [0.5, 0.6) is 0 Å². The summed E-state index contributed by atoms with van der Waals surface area (Å²) in [6, 6.07) is 9.07. The SMILES string of the molecule is Cc1ccc(S(=O)(=O)NCC(c2ccco2)N2CCCC2)c(C)c1. The van der Waals surface area contributed by atoms with Crippen molar-refractivity contribution in [3.63, 3.8) is 0 Å². The molecule has 1 aromatic carbocycles. The lowest BCUT2D eigenvalue weighted by Crippen LogP contribution is -2.36. The molecule has 6 heteroatoms. The van der Waals surface area contributed by atoms with Crippen molar-refractivity contribution in [2.45, 2.75) is 37.6 Å². The van der Waals surface area contributed by atoms with Crippen LogP contribution in [0.3, 0.4) is 0 Å². The summed E-state index contributed by atoms with van der Waals surface area (Å²) in [7, 11) is -3.54. The monoisotopic (exact) mass is 348 g/mol. The number of nitrogens with zero attached hydrogens (tertiary/aromatic N) is 1. The molecule has 2 heterocycles. The summed E-state index contributed by atoms with van der Waals surface area (Å²) in [5, 5.41) is 0. The first-order valence-electron chi connectivity index (χ1n) is 8.32. The van der Waals surface area contributed by atoms with Crippen LogP contribution in [-0.2, 0) is 10.0 Å². The number of hydrogen-bond acceptors (Lipinski definition) is 4. The average molecular weight is 348 g/mol.